The highest BCUT2D eigenvalue weighted by atomic mass is 79.9. The minimum Gasteiger partial charge on any atom is -0.310 e. The van der Waals surface area contributed by atoms with Gasteiger partial charge in [0, 0.05) is 16.9 Å². The van der Waals surface area contributed by atoms with Crippen LogP contribution in [0.5, 0.6) is 0 Å². The molecule has 0 heterocycles. The number of unbranched alkanes of at least 4 members (excludes halogenated alkanes) is 1. The second kappa shape index (κ2) is 8.34. The summed E-state index contributed by atoms with van der Waals surface area (Å²) >= 11 is 3.55. The molecule has 1 unspecified atom stereocenters. The number of hydrogen-bond donors (Lipinski definition) is 1. The number of hydrogen-bond acceptors (Lipinski definition) is 1. The molecule has 0 saturated carbocycles. The van der Waals surface area contributed by atoms with Crippen LogP contribution in [0.4, 0.5) is 0 Å². The Morgan fingerprint density at radius 2 is 2.22 bits per heavy atom. The van der Waals surface area contributed by atoms with Gasteiger partial charge in [0.1, 0.15) is 0 Å². The molecule has 1 rings (SSSR count). The molecule has 18 heavy (non-hydrogen) atoms. The third-order valence-electron chi connectivity index (χ3n) is 3.04. The fraction of sp³-hybridized carbons (Fsp3) is 0.500. The van der Waals surface area contributed by atoms with Crippen molar-refractivity contribution in [3.05, 3.63) is 33.8 Å². The molecule has 0 bridgehead atoms. The zero-order valence-electron chi connectivity index (χ0n) is 11.3. The summed E-state index contributed by atoms with van der Waals surface area (Å²) in [4.78, 5) is 0. The first-order chi connectivity index (χ1) is 8.69. The van der Waals surface area contributed by atoms with Crippen LogP contribution >= 0.6 is 15.9 Å². The van der Waals surface area contributed by atoms with Gasteiger partial charge < -0.3 is 5.32 Å². The zero-order valence-corrected chi connectivity index (χ0v) is 12.9. The highest BCUT2D eigenvalue weighted by Gasteiger charge is 2.10. The molecule has 0 aliphatic heterocycles. The topological polar surface area (TPSA) is 12.0 Å². The molecule has 0 radical (unpaired) electrons. The highest BCUT2D eigenvalue weighted by molar-refractivity contribution is 9.10. The van der Waals surface area contributed by atoms with Crippen LogP contribution in [0.2, 0.25) is 0 Å². The van der Waals surface area contributed by atoms with Crippen molar-refractivity contribution < 1.29 is 0 Å². The van der Waals surface area contributed by atoms with Crippen LogP contribution in [-0.2, 0) is 0 Å². The van der Waals surface area contributed by atoms with Crippen LogP contribution in [0.1, 0.15) is 49.8 Å². The second-order valence-electron chi connectivity index (χ2n) is 4.61. The third-order valence-corrected chi connectivity index (χ3v) is 3.93. The fourth-order valence-corrected chi connectivity index (χ4v) is 2.24. The van der Waals surface area contributed by atoms with E-state index in [4.69, 9.17) is 6.42 Å². The van der Waals surface area contributed by atoms with Crippen LogP contribution in [0, 0.1) is 19.3 Å². The van der Waals surface area contributed by atoms with Crippen LogP contribution in [-0.4, -0.2) is 6.54 Å². The molecule has 0 aliphatic rings. The lowest BCUT2D eigenvalue weighted by molar-refractivity contribution is 0.487. The van der Waals surface area contributed by atoms with Gasteiger partial charge >= 0.3 is 0 Å². The van der Waals surface area contributed by atoms with Gasteiger partial charge in [-0.2, -0.15) is 0 Å². The average molecular weight is 308 g/mol. The highest BCUT2D eigenvalue weighted by Crippen LogP contribution is 2.24. The van der Waals surface area contributed by atoms with Crippen molar-refractivity contribution in [1.82, 2.24) is 5.32 Å². The maximum atomic E-state index is 5.32. The average Bonchev–Trinajstić information content (AvgIpc) is 2.37. The summed E-state index contributed by atoms with van der Waals surface area (Å²) in [6.07, 6.45) is 9.51. The Labute approximate surface area is 119 Å². The normalized spacial score (nSPS) is 12.1. The van der Waals surface area contributed by atoms with Gasteiger partial charge in [0.2, 0.25) is 0 Å². The van der Waals surface area contributed by atoms with E-state index in [0.29, 0.717) is 6.04 Å². The van der Waals surface area contributed by atoms with E-state index in [1.54, 1.807) is 0 Å². The van der Waals surface area contributed by atoms with Crippen molar-refractivity contribution in [2.45, 2.75) is 45.6 Å². The van der Waals surface area contributed by atoms with E-state index in [1.807, 2.05) is 0 Å². The predicted molar refractivity (Wildman–Crippen MR) is 82.6 cm³/mol. The van der Waals surface area contributed by atoms with Gasteiger partial charge in [-0.05, 0) is 49.9 Å². The van der Waals surface area contributed by atoms with E-state index in [0.717, 1.165) is 32.2 Å². The molecule has 1 nitrogen and oxygen atoms in total. The summed E-state index contributed by atoms with van der Waals surface area (Å²) in [5.41, 5.74) is 2.65. The minimum atomic E-state index is 0.421. The molecular formula is C16H22BrN. The van der Waals surface area contributed by atoms with Crippen molar-refractivity contribution in [3.63, 3.8) is 0 Å². The number of aryl methyl sites for hydroxylation is 1. The van der Waals surface area contributed by atoms with Gasteiger partial charge in [0.05, 0.1) is 0 Å². The van der Waals surface area contributed by atoms with Crippen molar-refractivity contribution >= 4 is 15.9 Å². The number of benzene rings is 1. The molecule has 0 aromatic heterocycles. The van der Waals surface area contributed by atoms with Crippen LogP contribution in [0.25, 0.3) is 0 Å². The summed E-state index contributed by atoms with van der Waals surface area (Å²) in [6.45, 7) is 5.38. The monoisotopic (exact) mass is 307 g/mol. The van der Waals surface area contributed by atoms with E-state index in [9.17, 15) is 0 Å². The number of halogens is 1. The summed E-state index contributed by atoms with van der Waals surface area (Å²) < 4.78 is 1.17. The second-order valence-corrected chi connectivity index (χ2v) is 5.47. The summed E-state index contributed by atoms with van der Waals surface area (Å²) in [6, 6.07) is 7.00. The molecule has 0 saturated heterocycles. The Balaban J connectivity index is 2.73. The minimum absolute atomic E-state index is 0.421. The van der Waals surface area contributed by atoms with Gasteiger partial charge in [-0.25, -0.2) is 0 Å². The Morgan fingerprint density at radius 3 is 2.83 bits per heavy atom. The number of nitrogens with one attached hydrogen (secondary N) is 1. The molecule has 0 fully saturated rings. The molecular weight excluding hydrogens is 286 g/mol. The first-order valence-corrected chi connectivity index (χ1v) is 7.41. The maximum absolute atomic E-state index is 5.32. The zero-order chi connectivity index (χ0) is 13.4. The van der Waals surface area contributed by atoms with Crippen LogP contribution < -0.4 is 5.32 Å². The summed E-state index contributed by atoms with van der Waals surface area (Å²) in [5.74, 6) is 2.72. The standard InChI is InChI=1S/C16H22BrN/c1-4-6-7-8-16(18-11-5-2)14-9-10-15(17)13(3)12-14/h1,9-10,12,16,18H,5-8,11H2,2-3H3. The van der Waals surface area contributed by atoms with Gasteiger partial charge in [-0.1, -0.05) is 35.0 Å². The Morgan fingerprint density at radius 1 is 1.44 bits per heavy atom. The Hall–Kier alpha value is -0.780. The quantitative estimate of drug-likeness (QED) is 0.573. The Bertz CT molecular complexity index is 406. The molecule has 1 aromatic carbocycles. The van der Waals surface area contributed by atoms with Crippen molar-refractivity contribution in [2.75, 3.05) is 6.54 Å². The molecule has 2 heteroatoms. The lowest BCUT2D eigenvalue weighted by Crippen LogP contribution is -2.22. The largest absolute Gasteiger partial charge is 0.310 e. The molecule has 1 aromatic rings. The fourth-order valence-electron chi connectivity index (χ4n) is 2.00. The van der Waals surface area contributed by atoms with Crippen LogP contribution in [0.3, 0.4) is 0 Å². The van der Waals surface area contributed by atoms with Gasteiger partial charge in [-0.3, -0.25) is 0 Å². The molecule has 1 atom stereocenters. The molecule has 0 spiro atoms. The van der Waals surface area contributed by atoms with Crippen molar-refractivity contribution in [1.29, 1.82) is 0 Å². The van der Waals surface area contributed by atoms with Gasteiger partial charge in [-0.15, -0.1) is 12.3 Å². The van der Waals surface area contributed by atoms with Gasteiger partial charge in [0.15, 0.2) is 0 Å². The Kier molecular flexibility index (Phi) is 7.08. The van der Waals surface area contributed by atoms with E-state index < -0.39 is 0 Å². The van der Waals surface area contributed by atoms with Crippen molar-refractivity contribution in [2.24, 2.45) is 0 Å². The predicted octanol–water partition coefficient (Wildman–Crippen LogP) is 4.60. The maximum Gasteiger partial charge on any atom is 0.0320 e. The first kappa shape index (κ1) is 15.3. The van der Waals surface area contributed by atoms with E-state index >= 15 is 0 Å². The number of rotatable bonds is 7. The molecule has 0 amide bonds. The SMILES string of the molecule is C#CCCCC(NCCC)c1ccc(Br)c(C)c1. The van der Waals surface area contributed by atoms with E-state index in [2.05, 4.69) is 59.2 Å². The lowest BCUT2D eigenvalue weighted by Gasteiger charge is -2.19. The smallest absolute Gasteiger partial charge is 0.0320 e. The first-order valence-electron chi connectivity index (χ1n) is 6.62. The van der Waals surface area contributed by atoms with Gasteiger partial charge in [0.25, 0.3) is 0 Å². The lowest BCUT2D eigenvalue weighted by atomic mass is 9.99. The molecule has 1 N–H and O–H groups in total. The summed E-state index contributed by atoms with van der Waals surface area (Å²) in [7, 11) is 0. The number of terminal acetylenes is 1. The van der Waals surface area contributed by atoms with E-state index in [-0.39, 0.29) is 0 Å². The third kappa shape index (κ3) is 4.84. The van der Waals surface area contributed by atoms with Crippen molar-refractivity contribution in [3.8, 4) is 12.3 Å². The van der Waals surface area contributed by atoms with E-state index in [1.165, 1.54) is 15.6 Å². The van der Waals surface area contributed by atoms with Crippen LogP contribution in [0.15, 0.2) is 22.7 Å². The summed E-state index contributed by atoms with van der Waals surface area (Å²) in [5, 5.41) is 3.61. The molecule has 98 valence electrons. The molecule has 0 aliphatic carbocycles.